The molecule has 1 aliphatic heterocycles. The molecule has 0 spiro atoms. The fraction of sp³-hybridized carbons (Fsp3) is 0.526. The van der Waals surface area contributed by atoms with Gasteiger partial charge in [0.2, 0.25) is 0 Å². The summed E-state index contributed by atoms with van der Waals surface area (Å²) in [5.41, 5.74) is 4.92. The van der Waals surface area contributed by atoms with Crippen LogP contribution >= 0.6 is 0 Å². The molecule has 0 saturated carbocycles. The van der Waals surface area contributed by atoms with Crippen molar-refractivity contribution in [2.45, 2.75) is 40.3 Å². The highest BCUT2D eigenvalue weighted by Gasteiger charge is 2.18. The third kappa shape index (κ3) is 3.61. The molecule has 2 heterocycles. The molecule has 1 fully saturated rings. The first-order valence-corrected chi connectivity index (χ1v) is 8.84. The highest BCUT2D eigenvalue weighted by molar-refractivity contribution is 5.46. The molecule has 2 aromatic rings. The van der Waals surface area contributed by atoms with E-state index in [-0.39, 0.29) is 5.82 Å². The summed E-state index contributed by atoms with van der Waals surface area (Å²) in [6.07, 6.45) is 1.12. The van der Waals surface area contributed by atoms with E-state index in [0.29, 0.717) is 0 Å². The summed E-state index contributed by atoms with van der Waals surface area (Å²) in [5.74, 6) is -0.172. The van der Waals surface area contributed by atoms with E-state index in [1.54, 1.807) is 12.1 Å². The van der Waals surface area contributed by atoms with E-state index in [2.05, 4.69) is 40.4 Å². The summed E-state index contributed by atoms with van der Waals surface area (Å²) >= 11 is 0. The Bertz CT molecular complexity index is 677. The lowest BCUT2D eigenvalue weighted by molar-refractivity contribution is 0.284. The molecule has 5 heteroatoms. The van der Waals surface area contributed by atoms with Gasteiger partial charge in [-0.05, 0) is 51.5 Å². The molecule has 0 unspecified atom stereocenters. The Labute approximate surface area is 143 Å². The van der Waals surface area contributed by atoms with Gasteiger partial charge in [-0.15, -0.1) is 0 Å². The van der Waals surface area contributed by atoms with Crippen molar-refractivity contribution < 1.29 is 4.39 Å². The number of halogens is 1. The molecule has 1 aliphatic rings. The van der Waals surface area contributed by atoms with Gasteiger partial charge in [0.15, 0.2) is 0 Å². The lowest BCUT2D eigenvalue weighted by atomic mass is 10.2. The van der Waals surface area contributed by atoms with Gasteiger partial charge in [0.1, 0.15) is 5.82 Å². The first-order valence-electron chi connectivity index (χ1n) is 8.84. The third-order valence-electron chi connectivity index (χ3n) is 4.99. The molecule has 1 aromatic heterocycles. The topological polar surface area (TPSA) is 24.3 Å². The van der Waals surface area contributed by atoms with E-state index in [0.717, 1.165) is 57.1 Å². The molecule has 0 N–H and O–H groups in total. The highest BCUT2D eigenvalue weighted by Crippen LogP contribution is 2.20. The molecule has 0 radical (unpaired) electrons. The van der Waals surface area contributed by atoms with Gasteiger partial charge in [-0.3, -0.25) is 9.58 Å². The second kappa shape index (κ2) is 7.34. The summed E-state index contributed by atoms with van der Waals surface area (Å²) in [7, 11) is 0. The van der Waals surface area contributed by atoms with E-state index in [4.69, 9.17) is 0 Å². The van der Waals surface area contributed by atoms with Gasteiger partial charge < -0.3 is 4.90 Å². The van der Waals surface area contributed by atoms with Gasteiger partial charge in [-0.2, -0.15) is 5.10 Å². The highest BCUT2D eigenvalue weighted by atomic mass is 19.1. The maximum atomic E-state index is 13.1. The standard InChI is InChI=1S/C19H27FN4/c1-4-24-16(3)19(15(2)21-24)14-22-10-5-11-23(13-12-22)18-8-6-17(20)7-9-18/h6-9H,4-5,10-14H2,1-3H3. The zero-order chi connectivity index (χ0) is 17.1. The second-order valence-corrected chi connectivity index (χ2v) is 6.56. The average molecular weight is 330 g/mol. The van der Waals surface area contributed by atoms with Gasteiger partial charge in [0, 0.05) is 56.2 Å². The molecule has 4 nitrogen and oxygen atoms in total. The lowest BCUT2D eigenvalue weighted by Gasteiger charge is -2.23. The van der Waals surface area contributed by atoms with Crippen LogP contribution in [0.15, 0.2) is 24.3 Å². The zero-order valence-electron chi connectivity index (χ0n) is 14.9. The van der Waals surface area contributed by atoms with E-state index >= 15 is 0 Å². The number of nitrogens with zero attached hydrogens (tertiary/aromatic N) is 4. The Morgan fingerprint density at radius 2 is 1.79 bits per heavy atom. The van der Waals surface area contributed by atoms with Gasteiger partial charge in [-0.25, -0.2) is 4.39 Å². The van der Waals surface area contributed by atoms with Crippen molar-refractivity contribution in [2.24, 2.45) is 0 Å². The van der Waals surface area contributed by atoms with E-state index in [9.17, 15) is 4.39 Å². The summed E-state index contributed by atoms with van der Waals surface area (Å²) in [4.78, 5) is 4.87. The minimum Gasteiger partial charge on any atom is -0.370 e. The van der Waals surface area contributed by atoms with Crippen LogP contribution in [0.2, 0.25) is 0 Å². The van der Waals surface area contributed by atoms with Crippen LogP contribution in [0.5, 0.6) is 0 Å². The number of aromatic nitrogens is 2. The Morgan fingerprint density at radius 3 is 2.46 bits per heavy atom. The van der Waals surface area contributed by atoms with Gasteiger partial charge >= 0.3 is 0 Å². The van der Waals surface area contributed by atoms with Crippen LogP contribution in [0.25, 0.3) is 0 Å². The van der Waals surface area contributed by atoms with E-state index in [1.807, 2.05) is 12.1 Å². The number of hydrogen-bond donors (Lipinski definition) is 0. The molecule has 3 rings (SSSR count). The normalized spacial score (nSPS) is 16.4. The molecule has 0 amide bonds. The minimum absolute atomic E-state index is 0.172. The predicted octanol–water partition coefficient (Wildman–Crippen LogP) is 3.37. The largest absolute Gasteiger partial charge is 0.370 e. The number of hydrogen-bond acceptors (Lipinski definition) is 3. The van der Waals surface area contributed by atoms with Gasteiger partial charge in [-0.1, -0.05) is 0 Å². The van der Waals surface area contributed by atoms with Crippen molar-refractivity contribution in [2.75, 3.05) is 31.1 Å². The maximum Gasteiger partial charge on any atom is 0.123 e. The molecular weight excluding hydrogens is 303 g/mol. The van der Waals surface area contributed by atoms with Crippen LogP contribution in [-0.2, 0) is 13.1 Å². The molecule has 0 atom stereocenters. The van der Waals surface area contributed by atoms with Crippen LogP contribution in [0.1, 0.15) is 30.3 Å². The van der Waals surface area contributed by atoms with Gasteiger partial charge in [0.05, 0.1) is 5.69 Å². The van der Waals surface area contributed by atoms with Crippen LogP contribution < -0.4 is 4.90 Å². The quantitative estimate of drug-likeness (QED) is 0.859. The number of aryl methyl sites for hydroxylation is 2. The Morgan fingerprint density at radius 1 is 1.04 bits per heavy atom. The second-order valence-electron chi connectivity index (χ2n) is 6.56. The molecular formula is C19H27FN4. The van der Waals surface area contributed by atoms with Crippen molar-refractivity contribution in [3.8, 4) is 0 Å². The van der Waals surface area contributed by atoms with Crippen molar-refractivity contribution in [3.63, 3.8) is 0 Å². The SMILES string of the molecule is CCn1nc(C)c(CN2CCCN(c3ccc(F)cc3)CC2)c1C. The van der Waals surface area contributed by atoms with Crippen LogP contribution in [-0.4, -0.2) is 40.9 Å². The Balaban J connectivity index is 1.65. The Kier molecular flexibility index (Phi) is 5.19. The molecule has 130 valence electrons. The first-order chi connectivity index (χ1) is 11.6. The Hall–Kier alpha value is -1.88. The summed E-state index contributed by atoms with van der Waals surface area (Å²) < 4.78 is 15.2. The van der Waals surface area contributed by atoms with Crippen molar-refractivity contribution in [3.05, 3.63) is 47.0 Å². The monoisotopic (exact) mass is 330 g/mol. The molecule has 24 heavy (non-hydrogen) atoms. The summed E-state index contributed by atoms with van der Waals surface area (Å²) in [6.45, 7) is 12.4. The third-order valence-corrected chi connectivity index (χ3v) is 4.99. The van der Waals surface area contributed by atoms with Crippen molar-refractivity contribution >= 4 is 5.69 Å². The fourth-order valence-electron chi connectivity index (χ4n) is 3.53. The minimum atomic E-state index is -0.172. The first kappa shape index (κ1) is 17.0. The van der Waals surface area contributed by atoms with E-state index < -0.39 is 0 Å². The summed E-state index contributed by atoms with van der Waals surface area (Å²) in [5, 5.41) is 4.63. The zero-order valence-corrected chi connectivity index (χ0v) is 14.9. The average Bonchev–Trinajstić information content (AvgIpc) is 2.76. The smallest absolute Gasteiger partial charge is 0.123 e. The maximum absolute atomic E-state index is 13.1. The van der Waals surface area contributed by atoms with Crippen molar-refractivity contribution in [1.82, 2.24) is 14.7 Å². The van der Waals surface area contributed by atoms with Crippen molar-refractivity contribution in [1.29, 1.82) is 0 Å². The molecule has 1 aromatic carbocycles. The number of benzene rings is 1. The molecule has 0 bridgehead atoms. The van der Waals surface area contributed by atoms with Crippen LogP contribution in [0.4, 0.5) is 10.1 Å². The van der Waals surface area contributed by atoms with Crippen LogP contribution in [0.3, 0.4) is 0 Å². The fourth-order valence-corrected chi connectivity index (χ4v) is 3.53. The lowest BCUT2D eigenvalue weighted by Crippen LogP contribution is -2.30. The summed E-state index contributed by atoms with van der Waals surface area (Å²) in [6, 6.07) is 6.85. The predicted molar refractivity (Wildman–Crippen MR) is 95.9 cm³/mol. The van der Waals surface area contributed by atoms with Crippen LogP contribution in [0, 0.1) is 19.7 Å². The number of anilines is 1. The van der Waals surface area contributed by atoms with Gasteiger partial charge in [0.25, 0.3) is 0 Å². The molecule has 1 saturated heterocycles. The molecule has 0 aliphatic carbocycles. The van der Waals surface area contributed by atoms with E-state index in [1.165, 1.54) is 11.3 Å². The number of rotatable bonds is 4.